The Morgan fingerprint density at radius 2 is 1.65 bits per heavy atom. The molecule has 0 radical (unpaired) electrons. The number of aromatic nitrogens is 2. The van der Waals surface area contributed by atoms with Crippen molar-refractivity contribution in [1.29, 1.82) is 0 Å². The van der Waals surface area contributed by atoms with E-state index in [4.69, 9.17) is 4.74 Å². The highest BCUT2D eigenvalue weighted by Crippen LogP contribution is 2.34. The quantitative estimate of drug-likeness (QED) is 0.0892. The summed E-state index contributed by atoms with van der Waals surface area (Å²) in [5, 5.41) is 21.4. The smallest absolute Gasteiger partial charge is 0.417 e. The maximum absolute atomic E-state index is 14.7. The second-order valence-corrected chi connectivity index (χ2v) is 17.0. The van der Waals surface area contributed by atoms with Gasteiger partial charge in [0.25, 0.3) is 0 Å². The van der Waals surface area contributed by atoms with Crippen molar-refractivity contribution in [2.24, 2.45) is 17.3 Å². The van der Waals surface area contributed by atoms with E-state index in [0.717, 1.165) is 45.1 Å². The molecule has 2 aromatic heterocycles. The van der Waals surface area contributed by atoms with Crippen molar-refractivity contribution in [1.82, 2.24) is 35.7 Å². The summed E-state index contributed by atoms with van der Waals surface area (Å²) >= 11 is 0. The molecule has 320 valence electrons. The summed E-state index contributed by atoms with van der Waals surface area (Å²) in [6.45, 7) is 12.4. The average molecular weight is 820 g/mol. The molecule has 6 atom stereocenters. The molecule has 3 heterocycles. The number of carbonyl (C=O) groups excluding carboxylic acids is 4. The first-order chi connectivity index (χ1) is 28.7. The minimum Gasteiger partial charge on any atom is -0.452 e. The molecule has 0 bridgehead atoms. The van der Waals surface area contributed by atoms with Crippen LogP contribution in [0.3, 0.4) is 0 Å². The van der Waals surface area contributed by atoms with E-state index in [0.29, 0.717) is 12.8 Å². The van der Waals surface area contributed by atoms with Crippen LogP contribution < -0.4 is 16.0 Å². The third kappa shape index (κ3) is 12.4. The van der Waals surface area contributed by atoms with E-state index in [2.05, 4.69) is 25.9 Å². The Morgan fingerprint density at radius 3 is 2.28 bits per heavy atom. The van der Waals surface area contributed by atoms with Crippen molar-refractivity contribution in [3.8, 4) is 11.3 Å². The molecule has 13 heteroatoms. The molecule has 1 aliphatic rings. The lowest BCUT2D eigenvalue weighted by Crippen LogP contribution is -2.56. The number of aryl methyl sites for hydroxylation is 1. The van der Waals surface area contributed by atoms with Gasteiger partial charge < -0.3 is 30.7 Å². The minimum absolute atomic E-state index is 0.0219. The number of benzene rings is 2. The molecule has 6 unspecified atom stereocenters. The van der Waals surface area contributed by atoms with E-state index >= 15 is 0 Å². The van der Waals surface area contributed by atoms with Crippen molar-refractivity contribution in [3.05, 3.63) is 120 Å². The molecule has 4 N–H and O–H groups in total. The summed E-state index contributed by atoms with van der Waals surface area (Å²) in [7, 11) is 1.24. The standard InChI is InChI=1S/C47H61N7O6/c1-8-31(2)29-54(46(59)60-7)45(58)51-37(25-34-20-22-35(23-21-34)38-19-12-13-24-48-38)27-41(55)39(26-33-16-10-9-11-17-33)52-43(56)42(47(4,5)6)40-28-49-44(57)53(40)30-36-18-14-15-32(3)50-36/h9-24,31,37,39-42,55H,8,25-30H2,1-7H3,(H,49,57)(H,51,58)(H,52,56). The molecule has 1 saturated heterocycles. The van der Waals surface area contributed by atoms with Crippen LogP contribution in [0.25, 0.3) is 11.3 Å². The van der Waals surface area contributed by atoms with E-state index in [-0.39, 0.29) is 43.9 Å². The highest BCUT2D eigenvalue weighted by atomic mass is 16.5. The van der Waals surface area contributed by atoms with Crippen molar-refractivity contribution >= 4 is 24.1 Å². The minimum atomic E-state index is -1.15. The van der Waals surface area contributed by atoms with Crippen LogP contribution in [0.15, 0.2) is 97.2 Å². The number of carbonyl (C=O) groups is 4. The molecule has 60 heavy (non-hydrogen) atoms. The maximum atomic E-state index is 14.7. The number of rotatable bonds is 17. The number of imide groups is 1. The Labute approximate surface area is 354 Å². The predicted octanol–water partition coefficient (Wildman–Crippen LogP) is 6.92. The van der Waals surface area contributed by atoms with E-state index in [9.17, 15) is 24.3 Å². The number of hydrogen-bond donors (Lipinski definition) is 4. The molecule has 0 saturated carbocycles. The number of ether oxygens (including phenoxy) is 1. The summed E-state index contributed by atoms with van der Waals surface area (Å²) in [6.07, 6.45) is 1.21. The maximum Gasteiger partial charge on any atom is 0.417 e. The molecule has 6 amide bonds. The van der Waals surface area contributed by atoms with Gasteiger partial charge in [0.1, 0.15) is 0 Å². The number of urea groups is 2. The highest BCUT2D eigenvalue weighted by molar-refractivity contribution is 5.91. The van der Waals surface area contributed by atoms with E-state index < -0.39 is 47.7 Å². The third-order valence-corrected chi connectivity index (χ3v) is 11.2. The summed E-state index contributed by atoms with van der Waals surface area (Å²) in [5.41, 5.74) is 4.49. The van der Waals surface area contributed by atoms with Gasteiger partial charge in [-0.25, -0.2) is 19.3 Å². The zero-order valence-electron chi connectivity index (χ0n) is 35.9. The van der Waals surface area contributed by atoms with Crippen LogP contribution in [0.4, 0.5) is 14.4 Å². The van der Waals surface area contributed by atoms with Crippen LogP contribution in [0.1, 0.15) is 70.0 Å². The van der Waals surface area contributed by atoms with Crippen LogP contribution in [0.5, 0.6) is 0 Å². The molecular formula is C47H61N7O6. The Balaban J connectivity index is 1.44. The fraction of sp³-hybridized carbons (Fsp3) is 0.447. The highest BCUT2D eigenvalue weighted by Gasteiger charge is 2.46. The zero-order valence-corrected chi connectivity index (χ0v) is 35.9. The monoisotopic (exact) mass is 819 g/mol. The van der Waals surface area contributed by atoms with Crippen LogP contribution in [-0.2, 0) is 28.9 Å². The number of methoxy groups -OCH3 is 1. The third-order valence-electron chi connectivity index (χ3n) is 11.2. The number of amides is 6. The number of aliphatic hydroxyl groups excluding tert-OH is 1. The van der Waals surface area contributed by atoms with Crippen LogP contribution >= 0.6 is 0 Å². The van der Waals surface area contributed by atoms with Crippen LogP contribution in [0, 0.1) is 24.2 Å². The van der Waals surface area contributed by atoms with Crippen LogP contribution in [-0.4, -0.2) is 93.4 Å². The average Bonchev–Trinajstić information content (AvgIpc) is 3.57. The first-order valence-corrected chi connectivity index (χ1v) is 20.8. The predicted molar refractivity (Wildman–Crippen MR) is 232 cm³/mol. The molecule has 4 aromatic rings. The number of nitrogens with one attached hydrogen (secondary N) is 3. The van der Waals surface area contributed by atoms with Gasteiger partial charge >= 0.3 is 18.2 Å². The van der Waals surface area contributed by atoms with Gasteiger partial charge in [0.05, 0.1) is 49.1 Å². The first-order valence-electron chi connectivity index (χ1n) is 20.8. The van der Waals surface area contributed by atoms with E-state index in [1.165, 1.54) is 7.11 Å². The number of nitrogens with zero attached hydrogens (tertiary/aromatic N) is 4. The molecule has 2 aromatic carbocycles. The summed E-state index contributed by atoms with van der Waals surface area (Å²) in [4.78, 5) is 66.6. The van der Waals surface area contributed by atoms with Gasteiger partial charge in [0.2, 0.25) is 5.91 Å². The number of hydrogen-bond acceptors (Lipinski definition) is 8. The largest absolute Gasteiger partial charge is 0.452 e. The topological polar surface area (TPSA) is 166 Å². The molecular weight excluding hydrogens is 759 g/mol. The summed E-state index contributed by atoms with van der Waals surface area (Å²) < 4.78 is 5.00. The van der Waals surface area contributed by atoms with Crippen molar-refractivity contribution in [3.63, 3.8) is 0 Å². The first kappa shape index (κ1) is 45.3. The van der Waals surface area contributed by atoms with Gasteiger partial charge in [-0.2, -0.15) is 0 Å². The molecule has 1 fully saturated rings. The van der Waals surface area contributed by atoms with Crippen molar-refractivity contribution in [2.75, 3.05) is 20.2 Å². The normalized spacial score (nSPS) is 16.5. The van der Waals surface area contributed by atoms with E-state index in [1.807, 2.05) is 133 Å². The summed E-state index contributed by atoms with van der Waals surface area (Å²) in [6, 6.07) is 25.9. The van der Waals surface area contributed by atoms with Gasteiger partial charge in [-0.1, -0.05) is 108 Å². The second kappa shape index (κ2) is 20.9. The van der Waals surface area contributed by atoms with Gasteiger partial charge in [-0.3, -0.25) is 14.8 Å². The summed E-state index contributed by atoms with van der Waals surface area (Å²) in [5.74, 6) is -0.954. The molecule has 5 rings (SSSR count). The number of aliphatic hydroxyl groups is 1. The van der Waals surface area contributed by atoms with Gasteiger partial charge in [-0.15, -0.1) is 0 Å². The Morgan fingerprint density at radius 1 is 0.950 bits per heavy atom. The fourth-order valence-corrected chi connectivity index (χ4v) is 7.79. The lowest BCUT2D eigenvalue weighted by atomic mass is 9.75. The van der Waals surface area contributed by atoms with Gasteiger partial charge in [0.15, 0.2) is 0 Å². The van der Waals surface area contributed by atoms with Gasteiger partial charge in [0, 0.05) is 36.6 Å². The van der Waals surface area contributed by atoms with Gasteiger partial charge in [-0.05, 0) is 72.9 Å². The molecule has 1 aliphatic heterocycles. The second-order valence-electron chi connectivity index (χ2n) is 17.0. The van der Waals surface area contributed by atoms with Crippen LogP contribution in [0.2, 0.25) is 0 Å². The zero-order chi connectivity index (χ0) is 43.4. The molecule has 0 aliphatic carbocycles. The molecule has 0 spiro atoms. The fourth-order valence-electron chi connectivity index (χ4n) is 7.79. The number of pyridine rings is 2. The Bertz CT molecular complexity index is 2030. The van der Waals surface area contributed by atoms with E-state index in [1.54, 1.807) is 11.1 Å². The lowest BCUT2D eigenvalue weighted by molar-refractivity contribution is -0.132. The molecule has 13 nitrogen and oxygen atoms in total. The lowest BCUT2D eigenvalue weighted by Gasteiger charge is -2.39. The van der Waals surface area contributed by atoms with Crippen molar-refractivity contribution < 1.29 is 29.0 Å². The Hall–Kier alpha value is -5.82. The SMILES string of the molecule is CCC(C)CN(C(=O)NC(Cc1ccc(-c2ccccn2)cc1)CC(O)C(Cc1ccccc1)NC(=O)C(C1CNC(=O)N1Cc1cccc(C)n1)C(C)(C)C)C(=O)OC. The van der Waals surface area contributed by atoms with Crippen molar-refractivity contribution in [2.45, 2.75) is 98.0 Å². The Kier molecular flexibility index (Phi) is 15.8.